The van der Waals surface area contributed by atoms with E-state index in [9.17, 15) is 13.2 Å². The van der Waals surface area contributed by atoms with E-state index in [1.165, 1.54) is 0 Å². The van der Waals surface area contributed by atoms with Crippen molar-refractivity contribution in [3.8, 4) is 0 Å². The molecule has 4 rings (SSSR count). The van der Waals surface area contributed by atoms with Gasteiger partial charge in [-0.1, -0.05) is 72.3 Å². The lowest BCUT2D eigenvalue weighted by Gasteiger charge is -2.07. The van der Waals surface area contributed by atoms with Crippen molar-refractivity contribution in [1.82, 2.24) is 9.88 Å². The Morgan fingerprint density at radius 2 is 1.55 bits per heavy atom. The van der Waals surface area contributed by atoms with Gasteiger partial charge in [0.1, 0.15) is 6.54 Å². The minimum Gasteiger partial charge on any atom is -0.350 e. The minimum atomic E-state index is -3.62. The highest BCUT2D eigenvalue weighted by atomic mass is 35.5. The Morgan fingerprint density at radius 3 is 2.29 bits per heavy atom. The first-order chi connectivity index (χ1) is 14.9. The van der Waals surface area contributed by atoms with Gasteiger partial charge in [0.15, 0.2) is 9.84 Å². The number of rotatable bonds is 7. The van der Waals surface area contributed by atoms with Gasteiger partial charge in [-0.15, -0.1) is 0 Å². The molecule has 3 aromatic carbocycles. The SMILES string of the molecule is O=C(Cn1cc(S(=O)(=O)Cc2ccc(Cl)cc2)c2ccccc21)NCc1ccccc1. The van der Waals surface area contributed by atoms with E-state index < -0.39 is 9.84 Å². The van der Waals surface area contributed by atoms with Crippen LogP contribution >= 0.6 is 11.6 Å². The molecule has 0 saturated carbocycles. The second kappa shape index (κ2) is 8.96. The molecule has 0 fully saturated rings. The van der Waals surface area contributed by atoms with Crippen molar-refractivity contribution in [3.05, 3.63) is 101 Å². The van der Waals surface area contributed by atoms with E-state index in [4.69, 9.17) is 11.6 Å². The highest BCUT2D eigenvalue weighted by molar-refractivity contribution is 7.90. The number of hydrogen-bond acceptors (Lipinski definition) is 3. The van der Waals surface area contributed by atoms with Gasteiger partial charge in [-0.2, -0.15) is 0 Å². The molecule has 0 saturated heterocycles. The molecular weight excluding hydrogens is 432 g/mol. The Morgan fingerprint density at radius 1 is 0.871 bits per heavy atom. The quantitative estimate of drug-likeness (QED) is 0.446. The van der Waals surface area contributed by atoms with Crippen LogP contribution in [0.2, 0.25) is 5.02 Å². The molecule has 0 atom stereocenters. The van der Waals surface area contributed by atoms with E-state index in [1.807, 2.05) is 42.5 Å². The van der Waals surface area contributed by atoms with Gasteiger partial charge < -0.3 is 9.88 Å². The first kappa shape index (κ1) is 21.2. The molecule has 1 amide bonds. The summed E-state index contributed by atoms with van der Waals surface area (Å²) in [5.74, 6) is -0.329. The van der Waals surface area contributed by atoms with Gasteiger partial charge in [0.05, 0.1) is 10.6 Å². The van der Waals surface area contributed by atoms with Crippen molar-refractivity contribution in [2.24, 2.45) is 0 Å². The van der Waals surface area contributed by atoms with Crippen LogP contribution in [0.3, 0.4) is 0 Å². The van der Waals surface area contributed by atoms with Gasteiger partial charge in [-0.25, -0.2) is 8.42 Å². The molecule has 0 radical (unpaired) electrons. The fourth-order valence-corrected chi connectivity index (χ4v) is 5.18. The third-order valence-corrected chi connectivity index (χ3v) is 6.96. The molecule has 0 spiro atoms. The Labute approximate surface area is 186 Å². The number of aromatic nitrogens is 1. The summed E-state index contributed by atoms with van der Waals surface area (Å²) >= 11 is 5.90. The number of para-hydroxylation sites is 1. The van der Waals surface area contributed by atoms with Crippen LogP contribution in [0.5, 0.6) is 0 Å². The average Bonchev–Trinajstić information content (AvgIpc) is 3.14. The van der Waals surface area contributed by atoms with Crippen LogP contribution in [-0.4, -0.2) is 18.9 Å². The van der Waals surface area contributed by atoms with E-state index in [2.05, 4.69) is 5.32 Å². The van der Waals surface area contributed by atoms with E-state index in [-0.39, 0.29) is 23.1 Å². The Hall–Kier alpha value is -3.09. The molecular formula is C24H21ClN2O3S. The van der Waals surface area contributed by atoms with Crippen LogP contribution in [0.15, 0.2) is 90.0 Å². The van der Waals surface area contributed by atoms with Gasteiger partial charge >= 0.3 is 0 Å². The third kappa shape index (κ3) is 4.98. The first-order valence-electron chi connectivity index (χ1n) is 9.78. The first-order valence-corrected chi connectivity index (χ1v) is 11.8. The Bertz CT molecular complexity index is 1310. The van der Waals surface area contributed by atoms with Gasteiger partial charge in [0.2, 0.25) is 5.91 Å². The summed E-state index contributed by atoms with van der Waals surface area (Å²) in [7, 11) is -3.62. The van der Waals surface area contributed by atoms with Gasteiger partial charge in [0, 0.05) is 28.7 Å². The number of nitrogens with zero attached hydrogens (tertiary/aromatic N) is 1. The minimum absolute atomic E-state index is 0.0316. The van der Waals surface area contributed by atoms with Crippen molar-refractivity contribution >= 4 is 38.2 Å². The summed E-state index contributed by atoms with van der Waals surface area (Å²) in [6, 6.07) is 23.6. The molecule has 0 unspecified atom stereocenters. The fraction of sp³-hybridized carbons (Fsp3) is 0.125. The number of halogens is 1. The third-order valence-electron chi connectivity index (χ3n) is 5.00. The van der Waals surface area contributed by atoms with Gasteiger partial charge in [-0.3, -0.25) is 4.79 Å². The lowest BCUT2D eigenvalue weighted by atomic mass is 10.2. The normalized spacial score (nSPS) is 11.5. The van der Waals surface area contributed by atoms with Gasteiger partial charge in [-0.05, 0) is 29.3 Å². The lowest BCUT2D eigenvalue weighted by Crippen LogP contribution is -2.26. The number of hydrogen-bond donors (Lipinski definition) is 1. The zero-order valence-corrected chi connectivity index (χ0v) is 18.2. The van der Waals surface area contributed by atoms with Crippen molar-refractivity contribution in [1.29, 1.82) is 0 Å². The van der Waals surface area contributed by atoms with Crippen LogP contribution < -0.4 is 5.32 Å². The largest absolute Gasteiger partial charge is 0.350 e. The molecule has 158 valence electrons. The zero-order chi connectivity index (χ0) is 21.8. The van der Waals surface area contributed by atoms with Crippen LogP contribution in [0.1, 0.15) is 11.1 Å². The van der Waals surface area contributed by atoms with Crippen LogP contribution in [0.25, 0.3) is 10.9 Å². The monoisotopic (exact) mass is 452 g/mol. The van der Waals surface area contributed by atoms with E-state index >= 15 is 0 Å². The standard InChI is InChI=1S/C24H21ClN2O3S/c25-20-12-10-19(11-13-20)17-31(29,30)23-15-27(22-9-5-4-8-21(22)23)16-24(28)26-14-18-6-2-1-3-7-18/h1-13,15H,14,16-17H2,(H,26,28). The fourth-order valence-electron chi connectivity index (χ4n) is 3.48. The molecule has 7 heteroatoms. The van der Waals surface area contributed by atoms with E-state index in [0.29, 0.717) is 28.0 Å². The molecule has 31 heavy (non-hydrogen) atoms. The second-order valence-electron chi connectivity index (χ2n) is 7.29. The summed E-state index contributed by atoms with van der Waals surface area (Å²) < 4.78 is 28.0. The number of amides is 1. The van der Waals surface area contributed by atoms with E-state index in [1.54, 1.807) is 47.2 Å². The maximum Gasteiger partial charge on any atom is 0.240 e. The number of carbonyl (C=O) groups is 1. The summed E-state index contributed by atoms with van der Waals surface area (Å²) in [4.78, 5) is 12.7. The zero-order valence-electron chi connectivity index (χ0n) is 16.7. The maximum atomic E-state index is 13.2. The predicted molar refractivity (Wildman–Crippen MR) is 123 cm³/mol. The van der Waals surface area contributed by atoms with Gasteiger partial charge in [0.25, 0.3) is 0 Å². The van der Waals surface area contributed by atoms with Crippen molar-refractivity contribution in [2.45, 2.75) is 23.7 Å². The molecule has 0 aliphatic carbocycles. The van der Waals surface area contributed by atoms with Crippen molar-refractivity contribution < 1.29 is 13.2 Å². The summed E-state index contributed by atoms with van der Waals surface area (Å²) in [5, 5.41) is 4.04. The number of nitrogens with one attached hydrogen (secondary N) is 1. The predicted octanol–water partition coefficient (Wildman–Crippen LogP) is 4.59. The molecule has 0 aliphatic heterocycles. The number of sulfone groups is 1. The average molecular weight is 453 g/mol. The highest BCUT2D eigenvalue weighted by Gasteiger charge is 2.22. The highest BCUT2D eigenvalue weighted by Crippen LogP contribution is 2.28. The molecule has 0 bridgehead atoms. The Balaban J connectivity index is 1.58. The molecule has 0 aliphatic rings. The number of fused-ring (bicyclic) bond motifs is 1. The summed E-state index contributed by atoms with van der Waals surface area (Å²) in [6.45, 7) is 0.449. The van der Waals surface area contributed by atoms with Crippen LogP contribution in [0, 0.1) is 0 Å². The summed E-state index contributed by atoms with van der Waals surface area (Å²) in [6.07, 6.45) is 1.55. The Kier molecular flexibility index (Phi) is 6.11. The van der Waals surface area contributed by atoms with Crippen LogP contribution in [0.4, 0.5) is 0 Å². The molecule has 5 nitrogen and oxygen atoms in total. The molecule has 4 aromatic rings. The smallest absolute Gasteiger partial charge is 0.240 e. The molecule has 1 aromatic heterocycles. The second-order valence-corrected chi connectivity index (χ2v) is 9.68. The maximum absolute atomic E-state index is 13.2. The number of benzene rings is 3. The molecule has 1 N–H and O–H groups in total. The van der Waals surface area contributed by atoms with Crippen molar-refractivity contribution in [3.63, 3.8) is 0 Å². The van der Waals surface area contributed by atoms with E-state index in [0.717, 1.165) is 5.56 Å². The molecule has 1 heterocycles. The topological polar surface area (TPSA) is 68.2 Å². The summed E-state index contributed by atoms with van der Waals surface area (Å²) in [5.41, 5.74) is 2.35. The van der Waals surface area contributed by atoms with Crippen molar-refractivity contribution in [2.75, 3.05) is 0 Å². The van der Waals surface area contributed by atoms with Crippen LogP contribution in [-0.2, 0) is 33.5 Å². The number of carbonyl (C=O) groups excluding carboxylic acids is 1. The lowest BCUT2D eigenvalue weighted by molar-refractivity contribution is -0.121.